The van der Waals surface area contributed by atoms with Gasteiger partial charge in [0.1, 0.15) is 5.82 Å². The van der Waals surface area contributed by atoms with Crippen molar-refractivity contribution in [2.24, 2.45) is 0 Å². The smallest absolute Gasteiger partial charge is 0.142 e. The van der Waals surface area contributed by atoms with Crippen molar-refractivity contribution < 1.29 is 4.39 Å². The Morgan fingerprint density at radius 3 is 2.62 bits per heavy atom. The molecule has 0 amide bonds. The summed E-state index contributed by atoms with van der Waals surface area (Å²) in [7, 11) is 0. The predicted octanol–water partition coefficient (Wildman–Crippen LogP) is 6.09. The highest BCUT2D eigenvalue weighted by Gasteiger charge is 2.19. The van der Waals surface area contributed by atoms with Gasteiger partial charge in [0.15, 0.2) is 0 Å². The molecule has 112 valence electrons. The van der Waals surface area contributed by atoms with Gasteiger partial charge in [0.05, 0.1) is 15.5 Å². The van der Waals surface area contributed by atoms with Crippen LogP contribution in [0.15, 0.2) is 45.3 Å². The molecule has 5 heteroatoms. The summed E-state index contributed by atoms with van der Waals surface area (Å²) in [6.45, 7) is 2.88. The molecule has 0 radical (unpaired) electrons. The molecule has 1 unspecified atom stereocenters. The lowest BCUT2D eigenvalue weighted by Crippen LogP contribution is -2.24. The molecule has 2 aromatic carbocycles. The van der Waals surface area contributed by atoms with E-state index in [9.17, 15) is 4.39 Å². The maximum absolute atomic E-state index is 14.4. The normalized spacial score (nSPS) is 12.4. The van der Waals surface area contributed by atoms with E-state index in [1.165, 1.54) is 0 Å². The lowest BCUT2D eigenvalue weighted by Gasteiger charge is -2.21. The maximum Gasteiger partial charge on any atom is 0.142 e. The third kappa shape index (κ3) is 4.07. The number of nitrogens with one attached hydrogen (secondary N) is 1. The van der Waals surface area contributed by atoms with Crippen molar-refractivity contribution in [3.05, 3.63) is 67.3 Å². The zero-order valence-corrected chi connectivity index (χ0v) is 15.4. The monoisotopic (exact) mass is 433 g/mol. The van der Waals surface area contributed by atoms with Crippen LogP contribution in [-0.4, -0.2) is 6.54 Å². The minimum Gasteiger partial charge on any atom is -0.306 e. The van der Waals surface area contributed by atoms with E-state index in [0.29, 0.717) is 15.1 Å². The summed E-state index contributed by atoms with van der Waals surface area (Å²) in [4.78, 5) is 0. The highest BCUT2D eigenvalue weighted by molar-refractivity contribution is 9.10. The molecule has 1 N–H and O–H groups in total. The molecule has 1 nitrogen and oxygen atoms in total. The second-order valence-corrected chi connectivity index (χ2v) is 6.82. The second-order valence-electron chi connectivity index (χ2n) is 4.70. The van der Waals surface area contributed by atoms with Crippen LogP contribution >= 0.6 is 43.5 Å². The Bertz CT molecular complexity index is 634. The molecule has 21 heavy (non-hydrogen) atoms. The zero-order valence-electron chi connectivity index (χ0n) is 11.5. The molecule has 0 saturated heterocycles. The number of rotatable bonds is 5. The van der Waals surface area contributed by atoms with E-state index in [1.807, 2.05) is 24.3 Å². The van der Waals surface area contributed by atoms with Crippen molar-refractivity contribution in [1.82, 2.24) is 5.32 Å². The molecule has 0 aliphatic rings. The first-order chi connectivity index (χ1) is 10.0. The van der Waals surface area contributed by atoms with Crippen molar-refractivity contribution in [2.45, 2.75) is 19.4 Å². The lowest BCUT2D eigenvalue weighted by molar-refractivity contribution is 0.543. The summed E-state index contributed by atoms with van der Waals surface area (Å²) in [5.41, 5.74) is 1.59. The first-order valence-corrected chi connectivity index (χ1v) is 8.63. The van der Waals surface area contributed by atoms with Crippen LogP contribution in [0.5, 0.6) is 0 Å². The van der Waals surface area contributed by atoms with Crippen LogP contribution in [0.1, 0.15) is 30.5 Å². The summed E-state index contributed by atoms with van der Waals surface area (Å²) in [6.07, 6.45) is 0.973. The Hall–Kier alpha value is -0.420. The number of hydrogen-bond acceptors (Lipinski definition) is 1. The third-order valence-electron chi connectivity index (χ3n) is 3.17. The Morgan fingerprint density at radius 1 is 1.19 bits per heavy atom. The standard InChI is InChI=1S/C16H15Br2ClFN/c1-2-8-21-16(10-6-7-14(19)13(18)9-10)11-4-3-5-12(17)15(11)20/h3-7,9,16,21H,2,8H2,1H3. The highest BCUT2D eigenvalue weighted by atomic mass is 79.9. The van der Waals surface area contributed by atoms with E-state index in [1.54, 1.807) is 12.1 Å². The predicted molar refractivity (Wildman–Crippen MR) is 93.4 cm³/mol. The lowest BCUT2D eigenvalue weighted by atomic mass is 9.98. The van der Waals surface area contributed by atoms with Crippen molar-refractivity contribution >= 4 is 43.5 Å². The molecule has 1 atom stereocenters. The molecule has 0 saturated carbocycles. The molecule has 0 heterocycles. The van der Waals surface area contributed by atoms with Crippen LogP contribution in [0, 0.1) is 5.82 Å². The van der Waals surface area contributed by atoms with Crippen LogP contribution in [-0.2, 0) is 0 Å². The maximum atomic E-state index is 14.4. The van der Waals surface area contributed by atoms with Gasteiger partial charge in [-0.3, -0.25) is 0 Å². The van der Waals surface area contributed by atoms with Gasteiger partial charge in [0.25, 0.3) is 0 Å². The molecule has 0 bridgehead atoms. The summed E-state index contributed by atoms with van der Waals surface area (Å²) in [5.74, 6) is -0.239. The van der Waals surface area contributed by atoms with E-state index >= 15 is 0 Å². The minimum absolute atomic E-state index is 0.212. The van der Waals surface area contributed by atoms with Crippen LogP contribution in [0.4, 0.5) is 4.39 Å². The van der Waals surface area contributed by atoms with Gasteiger partial charge < -0.3 is 5.32 Å². The van der Waals surface area contributed by atoms with Crippen molar-refractivity contribution in [1.29, 1.82) is 0 Å². The third-order valence-corrected chi connectivity index (χ3v) is 4.99. The molecule has 2 rings (SSSR count). The fourth-order valence-electron chi connectivity index (χ4n) is 2.13. The van der Waals surface area contributed by atoms with Crippen LogP contribution in [0.25, 0.3) is 0 Å². The fraction of sp³-hybridized carbons (Fsp3) is 0.250. The van der Waals surface area contributed by atoms with E-state index in [0.717, 1.165) is 23.0 Å². The highest BCUT2D eigenvalue weighted by Crippen LogP contribution is 2.32. The van der Waals surface area contributed by atoms with Crippen LogP contribution < -0.4 is 5.32 Å². The first kappa shape index (κ1) is 16.9. The van der Waals surface area contributed by atoms with Gasteiger partial charge in [-0.05, 0) is 68.6 Å². The van der Waals surface area contributed by atoms with E-state index in [4.69, 9.17) is 11.6 Å². The first-order valence-electron chi connectivity index (χ1n) is 6.66. The van der Waals surface area contributed by atoms with Crippen molar-refractivity contribution in [3.63, 3.8) is 0 Å². The van der Waals surface area contributed by atoms with Crippen molar-refractivity contribution in [3.8, 4) is 0 Å². The van der Waals surface area contributed by atoms with Crippen LogP contribution in [0.2, 0.25) is 5.02 Å². The largest absolute Gasteiger partial charge is 0.306 e. The van der Waals surface area contributed by atoms with Gasteiger partial charge in [-0.1, -0.05) is 36.7 Å². The molecular formula is C16H15Br2ClFN. The van der Waals surface area contributed by atoms with Gasteiger partial charge >= 0.3 is 0 Å². The van der Waals surface area contributed by atoms with Crippen molar-refractivity contribution in [2.75, 3.05) is 6.54 Å². The quantitative estimate of drug-likeness (QED) is 0.599. The minimum atomic E-state index is -0.239. The topological polar surface area (TPSA) is 12.0 Å². The van der Waals surface area contributed by atoms with Gasteiger partial charge in [-0.2, -0.15) is 0 Å². The zero-order chi connectivity index (χ0) is 15.4. The molecule has 0 fully saturated rings. The SMILES string of the molecule is CCCNC(c1ccc(Cl)c(Br)c1)c1cccc(Br)c1F. The molecule has 0 aromatic heterocycles. The summed E-state index contributed by atoms with van der Waals surface area (Å²) in [6, 6.07) is 10.8. The van der Waals surface area contributed by atoms with E-state index < -0.39 is 0 Å². The molecule has 0 aliphatic heterocycles. The number of hydrogen-bond donors (Lipinski definition) is 1. The van der Waals surface area contributed by atoms with Gasteiger partial charge in [0, 0.05) is 10.0 Å². The number of benzene rings is 2. The molecule has 0 aliphatic carbocycles. The Labute approximate surface area is 146 Å². The fourth-order valence-corrected chi connectivity index (χ4v) is 3.03. The Kier molecular flexibility index (Phi) is 6.23. The molecule has 2 aromatic rings. The summed E-state index contributed by atoms with van der Waals surface area (Å²) >= 11 is 12.7. The Morgan fingerprint density at radius 2 is 1.95 bits per heavy atom. The average molecular weight is 436 g/mol. The Balaban J connectivity index is 2.47. The summed E-state index contributed by atoms with van der Waals surface area (Å²) in [5, 5.41) is 4.03. The molecular weight excluding hydrogens is 420 g/mol. The van der Waals surface area contributed by atoms with Gasteiger partial charge in [-0.15, -0.1) is 0 Å². The van der Waals surface area contributed by atoms with Gasteiger partial charge in [-0.25, -0.2) is 4.39 Å². The molecule has 0 spiro atoms. The van der Waals surface area contributed by atoms with Gasteiger partial charge in [0.2, 0.25) is 0 Å². The summed E-state index contributed by atoms with van der Waals surface area (Å²) < 4.78 is 15.7. The van der Waals surface area contributed by atoms with Crippen LogP contribution in [0.3, 0.4) is 0 Å². The number of halogens is 4. The van der Waals surface area contributed by atoms with E-state index in [2.05, 4.69) is 44.1 Å². The average Bonchev–Trinajstić information content (AvgIpc) is 2.47. The van der Waals surface area contributed by atoms with E-state index in [-0.39, 0.29) is 11.9 Å². The second kappa shape index (κ2) is 7.73.